The lowest BCUT2D eigenvalue weighted by Crippen LogP contribution is -2.21. The van der Waals surface area contributed by atoms with E-state index in [2.05, 4.69) is 15.5 Å². The number of benzene rings is 1. The van der Waals surface area contributed by atoms with Crippen LogP contribution in [0.2, 0.25) is 0 Å². The first-order chi connectivity index (χ1) is 16.0. The maximum absolute atomic E-state index is 12.6. The third-order valence-electron chi connectivity index (χ3n) is 4.89. The lowest BCUT2D eigenvalue weighted by atomic mass is 10.2. The van der Waals surface area contributed by atoms with E-state index >= 15 is 0 Å². The highest BCUT2D eigenvalue weighted by Crippen LogP contribution is 2.32. The van der Waals surface area contributed by atoms with E-state index in [1.807, 2.05) is 13.8 Å². The Labute approximate surface area is 194 Å². The Kier molecular flexibility index (Phi) is 7.13. The molecule has 33 heavy (non-hydrogen) atoms. The van der Waals surface area contributed by atoms with Gasteiger partial charge in [0.2, 0.25) is 0 Å². The average Bonchev–Trinajstić information content (AvgIpc) is 3.00. The first kappa shape index (κ1) is 22.7. The third kappa shape index (κ3) is 5.64. The second kappa shape index (κ2) is 10.4. The highest BCUT2D eigenvalue weighted by molar-refractivity contribution is 7.98. The van der Waals surface area contributed by atoms with Gasteiger partial charge in [0.1, 0.15) is 10.8 Å². The van der Waals surface area contributed by atoms with Crippen molar-refractivity contribution in [1.29, 1.82) is 0 Å². The van der Waals surface area contributed by atoms with E-state index in [-0.39, 0.29) is 5.56 Å². The lowest BCUT2D eigenvalue weighted by Gasteiger charge is -2.11. The molecule has 2 aromatic heterocycles. The molecule has 1 aliphatic rings. The number of fused-ring (bicyclic) bond motifs is 1. The number of thioether (sulfide) groups is 1. The SMILES string of the molecule is Cc1noc(C)c1CSc1ncccc1C(=O)OCC(=O)Nc1ccc2c(c1)OCCCO2. The number of aryl methyl sites for hydroxylation is 2. The Bertz CT molecular complexity index is 1140. The number of nitrogens with zero attached hydrogens (tertiary/aromatic N) is 2. The van der Waals surface area contributed by atoms with Gasteiger partial charge in [-0.15, -0.1) is 11.8 Å². The zero-order valence-corrected chi connectivity index (χ0v) is 19.1. The third-order valence-corrected chi connectivity index (χ3v) is 5.92. The largest absolute Gasteiger partial charge is 0.490 e. The number of ether oxygens (including phenoxy) is 3. The molecular weight excluding hydrogens is 446 g/mol. The summed E-state index contributed by atoms with van der Waals surface area (Å²) in [6.45, 7) is 4.40. The minimum Gasteiger partial charge on any atom is -0.490 e. The number of amides is 1. The maximum atomic E-state index is 12.6. The summed E-state index contributed by atoms with van der Waals surface area (Å²) in [5, 5.41) is 7.14. The number of hydrogen-bond acceptors (Lipinski definition) is 9. The fraction of sp³-hybridized carbons (Fsp3) is 0.304. The standard InChI is InChI=1S/C23H23N3O6S/c1-14-18(15(2)32-26-14)13-33-22-17(5-3-8-24-22)23(28)31-12-21(27)25-16-6-7-19-20(11-16)30-10-4-9-29-19/h3,5-8,11H,4,9-10,12-13H2,1-2H3,(H,25,27). The number of esters is 1. The zero-order chi connectivity index (χ0) is 23.2. The van der Waals surface area contributed by atoms with Crippen molar-refractivity contribution in [3.8, 4) is 11.5 Å². The fourth-order valence-electron chi connectivity index (χ4n) is 3.16. The van der Waals surface area contributed by atoms with Crippen LogP contribution in [0.15, 0.2) is 46.1 Å². The molecule has 0 atom stereocenters. The minimum absolute atomic E-state index is 0.289. The van der Waals surface area contributed by atoms with E-state index in [0.717, 1.165) is 23.4 Å². The molecule has 0 radical (unpaired) electrons. The number of rotatable bonds is 7. The summed E-state index contributed by atoms with van der Waals surface area (Å²) in [6.07, 6.45) is 2.39. The second-order valence-corrected chi connectivity index (χ2v) is 8.25. The molecule has 0 saturated heterocycles. The molecule has 0 unspecified atom stereocenters. The van der Waals surface area contributed by atoms with Crippen LogP contribution in [0.3, 0.4) is 0 Å². The van der Waals surface area contributed by atoms with E-state index in [1.165, 1.54) is 11.8 Å². The average molecular weight is 470 g/mol. The Morgan fingerprint density at radius 1 is 1.15 bits per heavy atom. The molecule has 0 saturated carbocycles. The molecule has 10 heteroatoms. The molecule has 1 aliphatic heterocycles. The number of nitrogens with one attached hydrogen (secondary N) is 1. The van der Waals surface area contributed by atoms with Crippen LogP contribution in [0.5, 0.6) is 11.5 Å². The summed E-state index contributed by atoms with van der Waals surface area (Å²) in [6, 6.07) is 8.39. The van der Waals surface area contributed by atoms with Crippen molar-refractivity contribution in [3.05, 3.63) is 59.1 Å². The number of hydrogen-bond donors (Lipinski definition) is 1. The van der Waals surface area contributed by atoms with Crippen molar-refractivity contribution in [1.82, 2.24) is 10.1 Å². The van der Waals surface area contributed by atoms with Gasteiger partial charge in [-0.1, -0.05) is 5.16 Å². The van der Waals surface area contributed by atoms with Crippen LogP contribution in [0.4, 0.5) is 5.69 Å². The van der Waals surface area contributed by atoms with Gasteiger partial charge >= 0.3 is 5.97 Å². The van der Waals surface area contributed by atoms with Gasteiger partial charge in [0, 0.05) is 35.7 Å². The monoisotopic (exact) mass is 469 g/mol. The summed E-state index contributed by atoms with van der Waals surface area (Å²) in [7, 11) is 0. The number of aromatic nitrogens is 2. The Morgan fingerprint density at radius 2 is 1.97 bits per heavy atom. The fourth-order valence-corrected chi connectivity index (χ4v) is 4.29. The van der Waals surface area contributed by atoms with Gasteiger partial charge in [-0.3, -0.25) is 4.79 Å². The Balaban J connectivity index is 1.34. The summed E-state index contributed by atoms with van der Waals surface area (Å²) in [4.78, 5) is 29.2. The predicted molar refractivity (Wildman–Crippen MR) is 121 cm³/mol. The normalized spacial score (nSPS) is 12.7. The maximum Gasteiger partial charge on any atom is 0.341 e. The quantitative estimate of drug-likeness (QED) is 0.406. The molecule has 0 spiro atoms. The molecule has 1 aromatic carbocycles. The molecule has 4 rings (SSSR count). The lowest BCUT2D eigenvalue weighted by molar-refractivity contribution is -0.119. The summed E-state index contributed by atoms with van der Waals surface area (Å²) < 4.78 is 21.6. The summed E-state index contributed by atoms with van der Waals surface area (Å²) >= 11 is 1.37. The molecule has 9 nitrogen and oxygen atoms in total. The molecule has 0 bridgehead atoms. The van der Waals surface area contributed by atoms with Crippen LogP contribution in [0.1, 0.15) is 33.8 Å². The van der Waals surface area contributed by atoms with E-state index in [9.17, 15) is 9.59 Å². The predicted octanol–water partition coefficient (Wildman–Crippen LogP) is 3.94. The zero-order valence-electron chi connectivity index (χ0n) is 18.3. The second-order valence-electron chi connectivity index (χ2n) is 7.28. The van der Waals surface area contributed by atoms with Crippen molar-refractivity contribution in [3.63, 3.8) is 0 Å². The number of carbonyl (C=O) groups is 2. The number of anilines is 1. The van der Waals surface area contributed by atoms with E-state index in [0.29, 0.717) is 41.2 Å². The van der Waals surface area contributed by atoms with Crippen molar-refractivity contribution >= 4 is 29.3 Å². The molecule has 1 N–H and O–H groups in total. The van der Waals surface area contributed by atoms with Gasteiger partial charge in [0.05, 0.1) is 24.5 Å². The topological polar surface area (TPSA) is 113 Å². The van der Waals surface area contributed by atoms with Crippen LogP contribution in [0.25, 0.3) is 0 Å². The molecule has 3 heterocycles. The minimum atomic E-state index is -0.627. The van der Waals surface area contributed by atoms with E-state index in [1.54, 1.807) is 36.5 Å². The first-order valence-electron chi connectivity index (χ1n) is 10.4. The van der Waals surface area contributed by atoms with Gasteiger partial charge in [0.25, 0.3) is 5.91 Å². The molecule has 0 fully saturated rings. The molecule has 1 amide bonds. The van der Waals surface area contributed by atoms with Gasteiger partial charge in [-0.25, -0.2) is 9.78 Å². The number of pyridine rings is 1. The van der Waals surface area contributed by atoms with Crippen molar-refractivity contribution in [2.45, 2.75) is 31.0 Å². The summed E-state index contributed by atoms with van der Waals surface area (Å²) in [5.74, 6) is 1.38. The highest BCUT2D eigenvalue weighted by atomic mass is 32.2. The first-order valence-corrected chi connectivity index (χ1v) is 11.4. The molecule has 3 aromatic rings. The summed E-state index contributed by atoms with van der Waals surface area (Å²) in [5.41, 5.74) is 2.57. The van der Waals surface area contributed by atoms with Crippen LogP contribution < -0.4 is 14.8 Å². The van der Waals surface area contributed by atoms with Crippen LogP contribution in [-0.2, 0) is 15.3 Å². The van der Waals surface area contributed by atoms with Gasteiger partial charge in [-0.2, -0.15) is 0 Å². The Hall–Kier alpha value is -3.53. The number of carbonyl (C=O) groups excluding carboxylic acids is 2. The smallest absolute Gasteiger partial charge is 0.341 e. The Morgan fingerprint density at radius 3 is 2.76 bits per heavy atom. The van der Waals surface area contributed by atoms with E-state index < -0.39 is 18.5 Å². The molecule has 0 aliphatic carbocycles. The van der Waals surface area contributed by atoms with Crippen LogP contribution >= 0.6 is 11.8 Å². The highest BCUT2D eigenvalue weighted by Gasteiger charge is 2.18. The van der Waals surface area contributed by atoms with Gasteiger partial charge in [0.15, 0.2) is 18.1 Å². The van der Waals surface area contributed by atoms with Crippen molar-refractivity contribution in [2.75, 3.05) is 25.1 Å². The van der Waals surface area contributed by atoms with E-state index in [4.69, 9.17) is 18.7 Å². The van der Waals surface area contributed by atoms with Gasteiger partial charge in [-0.05, 0) is 38.1 Å². The van der Waals surface area contributed by atoms with Crippen molar-refractivity contribution < 1.29 is 28.3 Å². The molecule has 172 valence electrons. The molecular formula is C23H23N3O6S. The van der Waals surface area contributed by atoms with Crippen molar-refractivity contribution in [2.24, 2.45) is 0 Å². The van der Waals surface area contributed by atoms with Crippen LogP contribution in [0, 0.1) is 13.8 Å². The van der Waals surface area contributed by atoms with Crippen LogP contribution in [-0.4, -0.2) is 41.8 Å². The van der Waals surface area contributed by atoms with Gasteiger partial charge < -0.3 is 24.1 Å².